The summed E-state index contributed by atoms with van der Waals surface area (Å²) in [5, 5.41) is 11.6. The third-order valence-electron chi connectivity index (χ3n) is 2.29. The Kier molecular flexibility index (Phi) is 3.88. The van der Waals surface area contributed by atoms with Gasteiger partial charge in [0, 0.05) is 12.1 Å². The molecule has 3 nitrogen and oxygen atoms in total. The van der Waals surface area contributed by atoms with E-state index in [0.29, 0.717) is 5.56 Å². The van der Waals surface area contributed by atoms with Crippen molar-refractivity contribution < 1.29 is 14.3 Å². The highest BCUT2D eigenvalue weighted by Gasteiger charge is 2.26. The molecule has 1 aromatic rings. The molecule has 0 unspecified atom stereocenters. The van der Waals surface area contributed by atoms with Crippen molar-refractivity contribution >= 4 is 17.6 Å². The zero-order chi connectivity index (χ0) is 12.3. The van der Waals surface area contributed by atoms with E-state index < -0.39 is 17.3 Å². The summed E-state index contributed by atoms with van der Waals surface area (Å²) in [7, 11) is 0. The first-order valence-corrected chi connectivity index (χ1v) is 5.13. The Morgan fingerprint density at radius 2 is 2.19 bits per heavy atom. The summed E-state index contributed by atoms with van der Waals surface area (Å²) in [4.78, 5) is 10.8. The smallest absolute Gasteiger partial charge is 0.323 e. The van der Waals surface area contributed by atoms with Gasteiger partial charge in [-0.3, -0.25) is 10.1 Å². The van der Waals surface area contributed by atoms with Gasteiger partial charge in [0.05, 0.1) is 5.02 Å². The number of carboxylic acids is 1. The molecule has 0 amide bonds. The van der Waals surface area contributed by atoms with Gasteiger partial charge in [0.15, 0.2) is 0 Å². The highest BCUT2D eigenvalue weighted by Crippen LogP contribution is 2.18. The Hall–Kier alpha value is -1.13. The van der Waals surface area contributed by atoms with Crippen LogP contribution in [0.25, 0.3) is 0 Å². The maximum atomic E-state index is 13.5. The number of aliphatic carboxylic acids is 1. The van der Waals surface area contributed by atoms with Gasteiger partial charge in [0.25, 0.3) is 0 Å². The monoisotopic (exact) mass is 245 g/mol. The molecule has 5 heteroatoms. The number of rotatable bonds is 4. The average molecular weight is 246 g/mol. The molecule has 0 aliphatic rings. The number of carbonyl (C=O) groups is 1. The van der Waals surface area contributed by atoms with Crippen LogP contribution in [0, 0.1) is 5.82 Å². The van der Waals surface area contributed by atoms with E-state index in [1.807, 2.05) is 0 Å². The summed E-state index contributed by atoms with van der Waals surface area (Å²) in [6.07, 6.45) is 0. The number of carboxylic acid groups (broad SMARTS) is 1. The van der Waals surface area contributed by atoms with Crippen molar-refractivity contribution in [3.05, 3.63) is 34.6 Å². The molecule has 0 saturated heterocycles. The Bertz CT molecular complexity index is 407. The SMILES string of the molecule is CC(C)(NCc1cccc(Cl)c1F)C(=O)O. The Morgan fingerprint density at radius 1 is 1.56 bits per heavy atom. The van der Waals surface area contributed by atoms with Crippen LogP contribution < -0.4 is 5.32 Å². The number of hydrogen-bond acceptors (Lipinski definition) is 2. The minimum absolute atomic E-state index is 0.0347. The van der Waals surface area contributed by atoms with Crippen LogP contribution >= 0.6 is 11.6 Å². The molecule has 1 aromatic carbocycles. The molecule has 0 fully saturated rings. The lowest BCUT2D eigenvalue weighted by Gasteiger charge is -2.21. The third kappa shape index (κ3) is 2.93. The van der Waals surface area contributed by atoms with Crippen LogP contribution in [0.5, 0.6) is 0 Å². The lowest BCUT2D eigenvalue weighted by molar-refractivity contribution is -0.143. The van der Waals surface area contributed by atoms with Crippen LogP contribution in [0.1, 0.15) is 19.4 Å². The number of nitrogens with one attached hydrogen (secondary N) is 1. The van der Waals surface area contributed by atoms with Crippen LogP contribution in [-0.4, -0.2) is 16.6 Å². The zero-order valence-corrected chi connectivity index (χ0v) is 9.81. The van der Waals surface area contributed by atoms with E-state index in [9.17, 15) is 9.18 Å². The van der Waals surface area contributed by atoms with Crippen molar-refractivity contribution in [1.82, 2.24) is 5.32 Å². The van der Waals surface area contributed by atoms with Gasteiger partial charge in [-0.05, 0) is 19.9 Å². The summed E-state index contributed by atoms with van der Waals surface area (Å²) in [5.74, 6) is -1.51. The fourth-order valence-corrected chi connectivity index (χ4v) is 1.27. The third-order valence-corrected chi connectivity index (χ3v) is 2.58. The van der Waals surface area contributed by atoms with Crippen LogP contribution in [0.4, 0.5) is 4.39 Å². The molecule has 88 valence electrons. The van der Waals surface area contributed by atoms with Crippen molar-refractivity contribution in [2.24, 2.45) is 0 Å². The van der Waals surface area contributed by atoms with E-state index in [1.165, 1.54) is 19.9 Å². The fraction of sp³-hybridized carbons (Fsp3) is 0.364. The molecular formula is C11H13ClFNO2. The number of halogens is 2. The molecule has 0 atom stereocenters. The van der Waals surface area contributed by atoms with Crippen molar-refractivity contribution in [2.75, 3.05) is 0 Å². The predicted molar refractivity (Wildman–Crippen MR) is 60.0 cm³/mol. The minimum Gasteiger partial charge on any atom is -0.480 e. The van der Waals surface area contributed by atoms with Crippen LogP contribution in [0.3, 0.4) is 0 Å². The van der Waals surface area contributed by atoms with Gasteiger partial charge in [-0.25, -0.2) is 4.39 Å². The van der Waals surface area contributed by atoms with Gasteiger partial charge in [0.2, 0.25) is 0 Å². The summed E-state index contributed by atoms with van der Waals surface area (Å²) < 4.78 is 13.5. The van der Waals surface area contributed by atoms with Crippen molar-refractivity contribution in [1.29, 1.82) is 0 Å². The highest BCUT2D eigenvalue weighted by atomic mass is 35.5. The van der Waals surface area contributed by atoms with Crippen LogP contribution in [0.15, 0.2) is 18.2 Å². The zero-order valence-electron chi connectivity index (χ0n) is 9.05. The topological polar surface area (TPSA) is 49.3 Å². The second kappa shape index (κ2) is 4.80. The first kappa shape index (κ1) is 12.9. The van der Waals surface area contributed by atoms with E-state index in [-0.39, 0.29) is 11.6 Å². The number of hydrogen-bond donors (Lipinski definition) is 2. The van der Waals surface area contributed by atoms with E-state index in [2.05, 4.69) is 5.32 Å². The molecule has 0 saturated carbocycles. The average Bonchev–Trinajstić information content (AvgIpc) is 2.20. The Balaban J connectivity index is 2.76. The molecule has 0 bridgehead atoms. The molecule has 0 aliphatic heterocycles. The Labute approximate surface area is 98.2 Å². The van der Waals surface area contributed by atoms with Gasteiger partial charge in [-0.15, -0.1) is 0 Å². The first-order valence-electron chi connectivity index (χ1n) is 4.76. The maximum Gasteiger partial charge on any atom is 0.323 e. The standard InChI is InChI=1S/C11H13ClFNO2/c1-11(2,10(15)16)14-6-7-4-3-5-8(12)9(7)13/h3-5,14H,6H2,1-2H3,(H,15,16). The quantitative estimate of drug-likeness (QED) is 0.857. The predicted octanol–water partition coefficient (Wildman–Crippen LogP) is 2.43. The van der Waals surface area contributed by atoms with Crippen LogP contribution in [-0.2, 0) is 11.3 Å². The van der Waals surface area contributed by atoms with Crippen LogP contribution in [0.2, 0.25) is 5.02 Å². The van der Waals surface area contributed by atoms with Gasteiger partial charge in [-0.2, -0.15) is 0 Å². The summed E-state index contributed by atoms with van der Waals surface area (Å²) >= 11 is 5.61. The van der Waals surface area contributed by atoms with Crippen molar-refractivity contribution in [3.8, 4) is 0 Å². The molecule has 0 aliphatic carbocycles. The lowest BCUT2D eigenvalue weighted by atomic mass is 10.1. The molecule has 0 aromatic heterocycles. The van der Waals surface area contributed by atoms with Gasteiger partial charge in [0.1, 0.15) is 11.4 Å². The van der Waals surface area contributed by atoms with Crippen molar-refractivity contribution in [3.63, 3.8) is 0 Å². The van der Waals surface area contributed by atoms with E-state index >= 15 is 0 Å². The molecule has 1 rings (SSSR count). The molecular weight excluding hydrogens is 233 g/mol. The molecule has 0 radical (unpaired) electrons. The molecule has 2 N–H and O–H groups in total. The van der Waals surface area contributed by atoms with E-state index in [0.717, 1.165) is 0 Å². The van der Waals surface area contributed by atoms with Gasteiger partial charge in [-0.1, -0.05) is 23.7 Å². The first-order chi connectivity index (χ1) is 7.34. The summed E-state index contributed by atoms with van der Waals surface area (Å²) in [6, 6.07) is 4.63. The molecule has 0 heterocycles. The highest BCUT2D eigenvalue weighted by molar-refractivity contribution is 6.30. The molecule has 16 heavy (non-hydrogen) atoms. The van der Waals surface area contributed by atoms with Gasteiger partial charge >= 0.3 is 5.97 Å². The van der Waals surface area contributed by atoms with E-state index in [1.54, 1.807) is 12.1 Å². The second-order valence-corrected chi connectivity index (χ2v) is 4.40. The second-order valence-electron chi connectivity index (χ2n) is 4.00. The fourth-order valence-electron chi connectivity index (χ4n) is 1.08. The normalized spacial score (nSPS) is 11.5. The summed E-state index contributed by atoms with van der Waals surface area (Å²) in [5.41, 5.74) is -0.754. The van der Waals surface area contributed by atoms with Gasteiger partial charge < -0.3 is 5.11 Å². The largest absolute Gasteiger partial charge is 0.480 e. The minimum atomic E-state index is -1.10. The molecule has 0 spiro atoms. The van der Waals surface area contributed by atoms with E-state index in [4.69, 9.17) is 16.7 Å². The number of benzene rings is 1. The Morgan fingerprint density at radius 3 is 2.75 bits per heavy atom. The lowest BCUT2D eigenvalue weighted by Crippen LogP contribution is -2.46. The maximum absolute atomic E-state index is 13.5. The summed E-state index contributed by atoms with van der Waals surface area (Å²) in [6.45, 7) is 3.14. The van der Waals surface area contributed by atoms with Crippen molar-refractivity contribution in [2.45, 2.75) is 25.9 Å².